The molecule has 0 bridgehead atoms. The largest absolute Gasteiger partial charge is 0.497 e. The van der Waals surface area contributed by atoms with Crippen LogP contribution in [0.15, 0.2) is 36.4 Å². The van der Waals surface area contributed by atoms with Crippen LogP contribution >= 0.6 is 0 Å². The van der Waals surface area contributed by atoms with Gasteiger partial charge in [0.05, 0.1) is 25.4 Å². The van der Waals surface area contributed by atoms with Crippen molar-refractivity contribution in [3.8, 4) is 17.2 Å². The first-order chi connectivity index (χ1) is 11.1. The lowest BCUT2D eigenvalue weighted by molar-refractivity contribution is 0.414. The molecule has 0 unspecified atom stereocenters. The van der Waals surface area contributed by atoms with E-state index in [2.05, 4.69) is 13.8 Å². The number of hydrogen-bond acceptors (Lipinski definition) is 3. The van der Waals surface area contributed by atoms with Gasteiger partial charge in [0.25, 0.3) is 0 Å². The first-order valence-corrected chi connectivity index (χ1v) is 7.82. The van der Waals surface area contributed by atoms with Crippen LogP contribution in [0.5, 0.6) is 11.5 Å². The maximum absolute atomic E-state index is 5.29. The summed E-state index contributed by atoms with van der Waals surface area (Å²) >= 11 is 0. The van der Waals surface area contributed by atoms with Gasteiger partial charge in [-0.15, -0.1) is 0 Å². The third-order valence-corrected chi connectivity index (χ3v) is 3.75. The summed E-state index contributed by atoms with van der Waals surface area (Å²) in [5.41, 5.74) is 4.24. The van der Waals surface area contributed by atoms with E-state index in [1.165, 1.54) is 0 Å². The van der Waals surface area contributed by atoms with Gasteiger partial charge < -0.3 is 9.47 Å². The van der Waals surface area contributed by atoms with Crippen molar-refractivity contribution in [1.29, 1.82) is 0 Å². The fourth-order valence-corrected chi connectivity index (χ4v) is 2.54. The Morgan fingerprint density at radius 3 is 2.09 bits per heavy atom. The second-order valence-electron chi connectivity index (χ2n) is 5.03. The number of rotatable bonds is 3. The molecular formula is C19H24N2O2. The van der Waals surface area contributed by atoms with E-state index in [9.17, 15) is 0 Å². The summed E-state index contributed by atoms with van der Waals surface area (Å²) in [5.74, 6) is 1.70. The van der Waals surface area contributed by atoms with Crippen molar-refractivity contribution < 1.29 is 9.47 Å². The summed E-state index contributed by atoms with van der Waals surface area (Å²) in [6.07, 6.45) is 0. The van der Waals surface area contributed by atoms with Crippen molar-refractivity contribution in [2.24, 2.45) is 0 Å². The van der Waals surface area contributed by atoms with Crippen molar-refractivity contribution in [1.82, 2.24) is 9.78 Å². The summed E-state index contributed by atoms with van der Waals surface area (Å²) < 4.78 is 12.5. The number of aryl methyl sites for hydroxylation is 2. The van der Waals surface area contributed by atoms with Gasteiger partial charge in [0.2, 0.25) is 0 Å². The van der Waals surface area contributed by atoms with Gasteiger partial charge in [0.1, 0.15) is 11.5 Å². The Morgan fingerprint density at radius 1 is 0.870 bits per heavy atom. The standard InChI is InChI=1S/C17H18N2O2.C2H6/c1-11-9-13(20-3)6-8-17(11)19-12(2)15-10-14(21-4)5-7-16(15)18-19;1-2/h5-10H,1-4H3;1-2H3. The molecule has 0 amide bonds. The van der Waals surface area contributed by atoms with E-state index in [-0.39, 0.29) is 0 Å². The molecule has 0 aliphatic rings. The third-order valence-electron chi connectivity index (χ3n) is 3.75. The summed E-state index contributed by atoms with van der Waals surface area (Å²) in [7, 11) is 3.35. The van der Waals surface area contributed by atoms with E-state index in [0.29, 0.717) is 0 Å². The highest BCUT2D eigenvalue weighted by Gasteiger charge is 2.12. The fourth-order valence-electron chi connectivity index (χ4n) is 2.54. The first kappa shape index (κ1) is 16.9. The van der Waals surface area contributed by atoms with Gasteiger partial charge in [-0.05, 0) is 55.8 Å². The average molecular weight is 312 g/mol. The van der Waals surface area contributed by atoms with Crippen LogP contribution in [0.3, 0.4) is 0 Å². The van der Waals surface area contributed by atoms with E-state index in [1.54, 1.807) is 14.2 Å². The monoisotopic (exact) mass is 312 g/mol. The molecule has 0 N–H and O–H groups in total. The molecule has 0 spiro atoms. The minimum absolute atomic E-state index is 0.844. The third kappa shape index (κ3) is 3.16. The summed E-state index contributed by atoms with van der Waals surface area (Å²) in [6.45, 7) is 8.13. The molecule has 4 heteroatoms. The van der Waals surface area contributed by atoms with Crippen LogP contribution in [0.4, 0.5) is 0 Å². The molecule has 0 aliphatic heterocycles. The molecular weight excluding hydrogens is 288 g/mol. The highest BCUT2D eigenvalue weighted by molar-refractivity contribution is 5.83. The molecule has 3 aromatic rings. The van der Waals surface area contributed by atoms with Gasteiger partial charge >= 0.3 is 0 Å². The van der Waals surface area contributed by atoms with E-state index in [0.717, 1.165) is 39.3 Å². The molecule has 0 saturated heterocycles. The quantitative estimate of drug-likeness (QED) is 0.704. The fraction of sp³-hybridized carbons (Fsp3) is 0.316. The summed E-state index contributed by atoms with van der Waals surface area (Å²) in [5, 5.41) is 5.80. The zero-order chi connectivity index (χ0) is 17.0. The topological polar surface area (TPSA) is 36.3 Å². The number of ether oxygens (including phenoxy) is 2. The SMILES string of the molecule is CC.COc1ccc(-n2nc3ccc(OC)cc3c2C)c(C)c1. The van der Waals surface area contributed by atoms with Crippen molar-refractivity contribution in [2.45, 2.75) is 27.7 Å². The number of methoxy groups -OCH3 is 2. The van der Waals surface area contributed by atoms with E-state index in [4.69, 9.17) is 14.6 Å². The Bertz CT molecular complexity index is 806. The van der Waals surface area contributed by atoms with Gasteiger partial charge in [-0.2, -0.15) is 5.10 Å². The number of aromatic nitrogens is 2. The van der Waals surface area contributed by atoms with Crippen LogP contribution in [0.25, 0.3) is 16.6 Å². The van der Waals surface area contributed by atoms with Crippen LogP contribution in [0, 0.1) is 13.8 Å². The maximum atomic E-state index is 5.29. The lowest BCUT2D eigenvalue weighted by atomic mass is 10.1. The Balaban J connectivity index is 0.000000924. The van der Waals surface area contributed by atoms with Crippen molar-refractivity contribution in [3.63, 3.8) is 0 Å². The normalized spacial score (nSPS) is 10.2. The van der Waals surface area contributed by atoms with Gasteiger partial charge in [0, 0.05) is 11.1 Å². The van der Waals surface area contributed by atoms with Gasteiger partial charge in [-0.3, -0.25) is 0 Å². The molecule has 0 radical (unpaired) electrons. The van der Waals surface area contributed by atoms with Gasteiger partial charge in [0.15, 0.2) is 0 Å². The highest BCUT2D eigenvalue weighted by Crippen LogP contribution is 2.27. The minimum atomic E-state index is 0.844. The Hall–Kier alpha value is -2.49. The molecule has 122 valence electrons. The minimum Gasteiger partial charge on any atom is -0.497 e. The Labute approximate surface area is 137 Å². The lowest BCUT2D eigenvalue weighted by Gasteiger charge is -2.09. The van der Waals surface area contributed by atoms with E-state index >= 15 is 0 Å². The maximum Gasteiger partial charge on any atom is 0.119 e. The second-order valence-corrected chi connectivity index (χ2v) is 5.03. The summed E-state index contributed by atoms with van der Waals surface area (Å²) in [4.78, 5) is 0. The number of fused-ring (bicyclic) bond motifs is 1. The molecule has 0 fully saturated rings. The molecule has 3 rings (SSSR count). The van der Waals surface area contributed by atoms with Crippen molar-refractivity contribution in [3.05, 3.63) is 47.7 Å². The molecule has 0 saturated carbocycles. The summed E-state index contributed by atoms with van der Waals surface area (Å²) in [6, 6.07) is 11.9. The van der Waals surface area contributed by atoms with Crippen LogP contribution < -0.4 is 9.47 Å². The molecule has 4 nitrogen and oxygen atoms in total. The van der Waals surface area contributed by atoms with Crippen molar-refractivity contribution in [2.75, 3.05) is 14.2 Å². The lowest BCUT2D eigenvalue weighted by Crippen LogP contribution is -2.01. The Kier molecular flexibility index (Phi) is 5.27. The van der Waals surface area contributed by atoms with Crippen LogP contribution in [-0.4, -0.2) is 24.0 Å². The van der Waals surface area contributed by atoms with Gasteiger partial charge in [-0.25, -0.2) is 4.68 Å². The van der Waals surface area contributed by atoms with E-state index < -0.39 is 0 Å². The molecule has 2 aromatic carbocycles. The predicted octanol–water partition coefficient (Wildman–Crippen LogP) is 4.69. The molecule has 1 heterocycles. The van der Waals surface area contributed by atoms with Crippen LogP contribution in [-0.2, 0) is 0 Å². The zero-order valence-corrected chi connectivity index (χ0v) is 14.7. The average Bonchev–Trinajstić information content (AvgIpc) is 2.92. The van der Waals surface area contributed by atoms with Crippen LogP contribution in [0.2, 0.25) is 0 Å². The molecule has 0 aliphatic carbocycles. The predicted molar refractivity (Wildman–Crippen MR) is 95.0 cm³/mol. The first-order valence-electron chi connectivity index (χ1n) is 7.82. The second kappa shape index (κ2) is 7.18. The number of nitrogens with zero attached hydrogens (tertiary/aromatic N) is 2. The van der Waals surface area contributed by atoms with Gasteiger partial charge in [-0.1, -0.05) is 13.8 Å². The highest BCUT2D eigenvalue weighted by atomic mass is 16.5. The number of hydrogen-bond donors (Lipinski definition) is 0. The number of benzene rings is 2. The molecule has 1 aromatic heterocycles. The Morgan fingerprint density at radius 2 is 1.48 bits per heavy atom. The molecule has 23 heavy (non-hydrogen) atoms. The smallest absolute Gasteiger partial charge is 0.119 e. The van der Waals surface area contributed by atoms with E-state index in [1.807, 2.05) is 54.9 Å². The van der Waals surface area contributed by atoms with Crippen molar-refractivity contribution >= 4 is 10.9 Å². The van der Waals surface area contributed by atoms with Crippen LogP contribution in [0.1, 0.15) is 25.1 Å². The molecule has 0 atom stereocenters. The zero-order valence-electron chi connectivity index (χ0n) is 14.7.